The van der Waals surface area contributed by atoms with E-state index in [1.807, 2.05) is 11.0 Å². The normalized spacial score (nSPS) is 10.2. The first-order valence-electron chi connectivity index (χ1n) is 6.15. The van der Waals surface area contributed by atoms with Crippen LogP contribution in [-0.4, -0.2) is 40.5 Å². The zero-order chi connectivity index (χ0) is 14.1. The van der Waals surface area contributed by atoms with E-state index in [1.54, 1.807) is 26.4 Å². The maximum atomic E-state index is 14.0. The maximum absolute atomic E-state index is 14.0. The summed E-state index contributed by atoms with van der Waals surface area (Å²) in [5, 5.41) is 8.74. The van der Waals surface area contributed by atoms with Crippen molar-refractivity contribution in [2.24, 2.45) is 0 Å². The Morgan fingerprint density at radius 3 is 2.53 bits per heavy atom. The standard InChI is InChI=1S/C14H19FN2O2/c1-18-8-3-6-17(7-9-19-2)14-5-4-12(11-16)10-13(14)15/h4-5,10H,3,6-9H2,1-2H3. The van der Waals surface area contributed by atoms with Gasteiger partial charge in [0, 0.05) is 33.9 Å². The van der Waals surface area contributed by atoms with Gasteiger partial charge >= 0.3 is 0 Å². The Labute approximate surface area is 113 Å². The Kier molecular flexibility index (Phi) is 6.86. The third-order valence-electron chi connectivity index (χ3n) is 2.76. The minimum absolute atomic E-state index is 0.324. The summed E-state index contributed by atoms with van der Waals surface area (Å²) >= 11 is 0. The maximum Gasteiger partial charge on any atom is 0.147 e. The molecule has 0 amide bonds. The molecule has 0 aliphatic carbocycles. The molecule has 0 unspecified atom stereocenters. The minimum atomic E-state index is -0.382. The molecule has 1 rings (SSSR count). The molecule has 4 nitrogen and oxygen atoms in total. The molecule has 0 aliphatic rings. The molecular weight excluding hydrogens is 247 g/mol. The molecule has 0 spiro atoms. The molecule has 19 heavy (non-hydrogen) atoms. The Balaban J connectivity index is 2.80. The van der Waals surface area contributed by atoms with Crippen molar-refractivity contribution in [1.29, 1.82) is 5.26 Å². The van der Waals surface area contributed by atoms with Gasteiger partial charge in [0.1, 0.15) is 5.82 Å². The second-order valence-corrected chi connectivity index (χ2v) is 4.10. The highest BCUT2D eigenvalue weighted by atomic mass is 19.1. The van der Waals surface area contributed by atoms with Gasteiger partial charge in [0.25, 0.3) is 0 Å². The van der Waals surface area contributed by atoms with Crippen LogP contribution in [0.3, 0.4) is 0 Å². The highest BCUT2D eigenvalue weighted by Crippen LogP contribution is 2.20. The number of nitriles is 1. The van der Waals surface area contributed by atoms with E-state index in [4.69, 9.17) is 14.7 Å². The van der Waals surface area contributed by atoms with Gasteiger partial charge in [-0.15, -0.1) is 0 Å². The molecule has 1 aromatic carbocycles. The van der Waals surface area contributed by atoms with Crippen molar-refractivity contribution in [3.05, 3.63) is 29.6 Å². The highest BCUT2D eigenvalue weighted by molar-refractivity contribution is 5.51. The topological polar surface area (TPSA) is 45.5 Å². The number of ether oxygens (including phenoxy) is 2. The van der Waals surface area contributed by atoms with Crippen molar-refractivity contribution < 1.29 is 13.9 Å². The molecule has 0 aromatic heterocycles. The number of nitrogens with zero attached hydrogens (tertiary/aromatic N) is 2. The van der Waals surface area contributed by atoms with Crippen LogP contribution in [-0.2, 0) is 9.47 Å². The highest BCUT2D eigenvalue weighted by Gasteiger charge is 2.11. The smallest absolute Gasteiger partial charge is 0.147 e. The van der Waals surface area contributed by atoms with Gasteiger partial charge in [-0.3, -0.25) is 0 Å². The summed E-state index contributed by atoms with van der Waals surface area (Å²) in [6.45, 7) is 2.43. The second kappa shape index (κ2) is 8.46. The molecule has 0 atom stereocenters. The summed E-state index contributed by atoms with van der Waals surface area (Å²) in [5.74, 6) is -0.382. The molecular formula is C14H19FN2O2. The third-order valence-corrected chi connectivity index (χ3v) is 2.76. The third kappa shape index (κ3) is 4.86. The van der Waals surface area contributed by atoms with Crippen LogP contribution in [0, 0.1) is 17.1 Å². The lowest BCUT2D eigenvalue weighted by atomic mass is 10.2. The Hall–Kier alpha value is -1.64. The first-order valence-corrected chi connectivity index (χ1v) is 6.15. The fraction of sp³-hybridized carbons (Fsp3) is 0.500. The summed E-state index contributed by atoms with van der Waals surface area (Å²) in [6, 6.07) is 6.44. The fourth-order valence-corrected chi connectivity index (χ4v) is 1.79. The van der Waals surface area contributed by atoms with Gasteiger partial charge in [-0.1, -0.05) is 0 Å². The van der Waals surface area contributed by atoms with Crippen molar-refractivity contribution >= 4 is 5.69 Å². The second-order valence-electron chi connectivity index (χ2n) is 4.10. The van der Waals surface area contributed by atoms with Crippen LogP contribution in [0.2, 0.25) is 0 Å². The average molecular weight is 266 g/mol. The summed E-state index contributed by atoms with van der Waals surface area (Å²) in [7, 11) is 3.25. The van der Waals surface area contributed by atoms with Crippen LogP contribution in [0.4, 0.5) is 10.1 Å². The van der Waals surface area contributed by atoms with Gasteiger partial charge < -0.3 is 14.4 Å². The first-order chi connectivity index (χ1) is 9.22. The monoisotopic (exact) mass is 266 g/mol. The molecule has 0 N–H and O–H groups in total. The van der Waals surface area contributed by atoms with E-state index in [0.29, 0.717) is 37.6 Å². The predicted octanol–water partition coefficient (Wildman–Crippen LogP) is 2.19. The summed E-state index contributed by atoms with van der Waals surface area (Å²) in [6.07, 6.45) is 0.805. The predicted molar refractivity (Wildman–Crippen MR) is 71.7 cm³/mol. The van der Waals surface area contributed by atoms with E-state index in [0.717, 1.165) is 6.42 Å². The molecule has 0 saturated carbocycles. The van der Waals surface area contributed by atoms with Crippen molar-refractivity contribution in [3.63, 3.8) is 0 Å². The number of hydrogen-bond donors (Lipinski definition) is 0. The first kappa shape index (κ1) is 15.4. The Morgan fingerprint density at radius 2 is 1.95 bits per heavy atom. The minimum Gasteiger partial charge on any atom is -0.385 e. The van der Waals surface area contributed by atoms with Gasteiger partial charge in [0.2, 0.25) is 0 Å². The summed E-state index contributed by atoms with van der Waals surface area (Å²) in [5.41, 5.74) is 0.817. The molecule has 0 fully saturated rings. The molecule has 104 valence electrons. The van der Waals surface area contributed by atoms with Gasteiger partial charge in [0.05, 0.1) is 23.9 Å². The van der Waals surface area contributed by atoms with Crippen molar-refractivity contribution in [2.75, 3.05) is 45.4 Å². The largest absolute Gasteiger partial charge is 0.385 e. The van der Waals surface area contributed by atoms with Crippen molar-refractivity contribution in [3.8, 4) is 6.07 Å². The lowest BCUT2D eigenvalue weighted by Gasteiger charge is -2.25. The van der Waals surface area contributed by atoms with Crippen molar-refractivity contribution in [2.45, 2.75) is 6.42 Å². The van der Waals surface area contributed by atoms with Crippen LogP contribution in [0.1, 0.15) is 12.0 Å². The molecule has 5 heteroatoms. The number of benzene rings is 1. The van der Waals surface area contributed by atoms with Crippen molar-refractivity contribution in [1.82, 2.24) is 0 Å². The van der Waals surface area contributed by atoms with E-state index >= 15 is 0 Å². The fourth-order valence-electron chi connectivity index (χ4n) is 1.79. The lowest BCUT2D eigenvalue weighted by molar-refractivity contribution is 0.191. The molecule has 0 heterocycles. The van der Waals surface area contributed by atoms with Crippen LogP contribution >= 0.6 is 0 Å². The van der Waals surface area contributed by atoms with Gasteiger partial charge in [-0.25, -0.2) is 4.39 Å². The zero-order valence-corrected chi connectivity index (χ0v) is 11.4. The Morgan fingerprint density at radius 1 is 1.21 bits per heavy atom. The van der Waals surface area contributed by atoms with Gasteiger partial charge in [0.15, 0.2) is 0 Å². The lowest BCUT2D eigenvalue weighted by Crippen LogP contribution is -2.29. The molecule has 0 saturated heterocycles. The quantitative estimate of drug-likeness (QED) is 0.677. The number of hydrogen-bond acceptors (Lipinski definition) is 4. The summed E-state index contributed by atoms with van der Waals surface area (Å²) < 4.78 is 24.0. The van der Waals surface area contributed by atoms with E-state index < -0.39 is 0 Å². The average Bonchev–Trinajstić information content (AvgIpc) is 2.43. The van der Waals surface area contributed by atoms with Crippen LogP contribution < -0.4 is 4.90 Å². The molecule has 1 aromatic rings. The molecule has 0 aliphatic heterocycles. The van der Waals surface area contributed by atoms with Crippen LogP contribution in [0.25, 0.3) is 0 Å². The number of methoxy groups -OCH3 is 2. The SMILES string of the molecule is COCCCN(CCOC)c1ccc(C#N)cc1F. The summed E-state index contributed by atoms with van der Waals surface area (Å²) in [4.78, 5) is 1.90. The number of rotatable bonds is 8. The van der Waals surface area contributed by atoms with E-state index in [2.05, 4.69) is 0 Å². The van der Waals surface area contributed by atoms with E-state index in [1.165, 1.54) is 6.07 Å². The molecule has 0 radical (unpaired) electrons. The van der Waals surface area contributed by atoms with Crippen LogP contribution in [0.15, 0.2) is 18.2 Å². The van der Waals surface area contributed by atoms with Crippen LogP contribution in [0.5, 0.6) is 0 Å². The van der Waals surface area contributed by atoms with E-state index in [-0.39, 0.29) is 5.82 Å². The van der Waals surface area contributed by atoms with Gasteiger partial charge in [-0.05, 0) is 24.6 Å². The molecule has 0 bridgehead atoms. The number of anilines is 1. The number of halogens is 1. The Bertz CT molecular complexity index is 432. The van der Waals surface area contributed by atoms with Gasteiger partial charge in [-0.2, -0.15) is 5.26 Å². The van der Waals surface area contributed by atoms with E-state index in [9.17, 15) is 4.39 Å². The zero-order valence-electron chi connectivity index (χ0n) is 11.4.